The van der Waals surface area contributed by atoms with Crippen LogP contribution in [0, 0.1) is 5.92 Å². The van der Waals surface area contributed by atoms with Crippen LogP contribution in [0.2, 0.25) is 5.15 Å². The van der Waals surface area contributed by atoms with E-state index in [0.717, 1.165) is 0 Å². The number of hydrogen-bond donors (Lipinski definition) is 1. The van der Waals surface area contributed by atoms with E-state index in [4.69, 9.17) is 20.8 Å². The van der Waals surface area contributed by atoms with Gasteiger partial charge in [0.25, 0.3) is 5.91 Å². The number of likely N-dealkylation sites (tertiary alicyclic amines) is 1. The maximum absolute atomic E-state index is 12.3. The van der Waals surface area contributed by atoms with Gasteiger partial charge in [-0.1, -0.05) is 11.6 Å². The SMILES string of the molecule is C[C@H](OC(=O)[C@H]1CC(=O)N(Cc2ccco2)C1)C(=O)Nc1cccnc1Cl. The number of rotatable bonds is 6. The van der Waals surface area contributed by atoms with E-state index in [1.807, 2.05) is 0 Å². The van der Waals surface area contributed by atoms with Crippen molar-refractivity contribution in [2.24, 2.45) is 5.92 Å². The number of anilines is 1. The molecule has 27 heavy (non-hydrogen) atoms. The molecule has 3 rings (SSSR count). The van der Waals surface area contributed by atoms with Crippen molar-refractivity contribution in [3.8, 4) is 0 Å². The van der Waals surface area contributed by atoms with E-state index >= 15 is 0 Å². The molecule has 3 heterocycles. The van der Waals surface area contributed by atoms with Crippen LogP contribution < -0.4 is 5.32 Å². The lowest BCUT2D eigenvalue weighted by atomic mass is 10.1. The minimum Gasteiger partial charge on any atom is -0.467 e. The lowest BCUT2D eigenvalue weighted by Gasteiger charge is -2.17. The van der Waals surface area contributed by atoms with Crippen LogP contribution >= 0.6 is 11.6 Å². The van der Waals surface area contributed by atoms with E-state index in [0.29, 0.717) is 18.0 Å². The third kappa shape index (κ3) is 4.65. The van der Waals surface area contributed by atoms with E-state index in [1.165, 1.54) is 24.3 Å². The Bertz CT molecular complexity index is 839. The number of hydrogen-bond acceptors (Lipinski definition) is 6. The summed E-state index contributed by atoms with van der Waals surface area (Å²) in [6.07, 6.45) is 2.02. The van der Waals surface area contributed by atoms with Crippen LogP contribution in [0.25, 0.3) is 0 Å². The topological polar surface area (TPSA) is 102 Å². The fraction of sp³-hybridized carbons (Fsp3) is 0.333. The lowest BCUT2D eigenvalue weighted by Crippen LogP contribution is -2.33. The first kappa shape index (κ1) is 18.9. The Morgan fingerprint density at radius 2 is 2.26 bits per heavy atom. The van der Waals surface area contributed by atoms with Gasteiger partial charge in [0.2, 0.25) is 5.91 Å². The van der Waals surface area contributed by atoms with Crippen LogP contribution in [0.3, 0.4) is 0 Å². The molecule has 9 heteroatoms. The average Bonchev–Trinajstić information content (AvgIpc) is 3.27. The first-order chi connectivity index (χ1) is 12.9. The van der Waals surface area contributed by atoms with Crippen LogP contribution in [0.5, 0.6) is 0 Å². The standard InChI is InChI=1S/C18H18ClN3O5/c1-11(17(24)21-14-5-2-6-20-16(14)19)27-18(25)12-8-15(23)22(9-12)10-13-4-3-7-26-13/h2-7,11-12H,8-10H2,1H3,(H,21,24)/t11-,12-/m0/s1. The van der Waals surface area contributed by atoms with Gasteiger partial charge >= 0.3 is 5.97 Å². The summed E-state index contributed by atoms with van der Waals surface area (Å²) in [5, 5.41) is 2.69. The largest absolute Gasteiger partial charge is 0.467 e. The number of halogens is 1. The van der Waals surface area contributed by atoms with Crippen molar-refractivity contribution in [3.05, 3.63) is 47.6 Å². The third-order valence-corrected chi connectivity index (χ3v) is 4.45. The Morgan fingerprint density at radius 1 is 1.44 bits per heavy atom. The summed E-state index contributed by atoms with van der Waals surface area (Å²) in [6, 6.07) is 6.70. The number of esters is 1. The molecule has 2 aromatic rings. The fourth-order valence-corrected chi connectivity index (χ4v) is 2.88. The predicted molar refractivity (Wildman–Crippen MR) is 95.7 cm³/mol. The van der Waals surface area contributed by atoms with Gasteiger partial charge in [-0.3, -0.25) is 14.4 Å². The van der Waals surface area contributed by atoms with Crippen molar-refractivity contribution in [2.75, 3.05) is 11.9 Å². The number of ether oxygens (including phenoxy) is 1. The van der Waals surface area contributed by atoms with Gasteiger partial charge in [-0.25, -0.2) is 4.98 Å². The van der Waals surface area contributed by atoms with Crippen molar-refractivity contribution >= 4 is 35.1 Å². The highest BCUT2D eigenvalue weighted by Gasteiger charge is 2.37. The Morgan fingerprint density at radius 3 is 2.96 bits per heavy atom. The van der Waals surface area contributed by atoms with Gasteiger partial charge in [0.15, 0.2) is 11.3 Å². The normalized spacial score (nSPS) is 17.6. The van der Waals surface area contributed by atoms with Gasteiger partial charge in [0.1, 0.15) is 5.76 Å². The Labute approximate surface area is 160 Å². The molecule has 0 bridgehead atoms. The third-order valence-electron chi connectivity index (χ3n) is 4.15. The van der Waals surface area contributed by atoms with Crippen molar-refractivity contribution < 1.29 is 23.5 Å². The highest BCUT2D eigenvalue weighted by Crippen LogP contribution is 2.23. The second-order valence-corrected chi connectivity index (χ2v) is 6.52. The van der Waals surface area contributed by atoms with E-state index in [9.17, 15) is 14.4 Å². The first-order valence-corrected chi connectivity index (χ1v) is 8.74. The summed E-state index contributed by atoms with van der Waals surface area (Å²) < 4.78 is 10.4. The predicted octanol–water partition coefficient (Wildman–Crippen LogP) is 2.25. The summed E-state index contributed by atoms with van der Waals surface area (Å²) in [5.41, 5.74) is 0.327. The fourth-order valence-electron chi connectivity index (χ4n) is 2.71. The molecule has 0 unspecified atom stereocenters. The van der Waals surface area contributed by atoms with Crippen molar-refractivity contribution in [1.82, 2.24) is 9.88 Å². The van der Waals surface area contributed by atoms with Crippen molar-refractivity contribution in [1.29, 1.82) is 0 Å². The molecule has 2 amide bonds. The lowest BCUT2D eigenvalue weighted by molar-refractivity contribution is -0.157. The molecule has 1 fully saturated rings. The van der Waals surface area contributed by atoms with E-state index < -0.39 is 23.9 Å². The number of pyridine rings is 1. The highest BCUT2D eigenvalue weighted by atomic mass is 35.5. The van der Waals surface area contributed by atoms with E-state index in [1.54, 1.807) is 24.3 Å². The molecule has 0 aromatic carbocycles. The molecule has 0 aliphatic carbocycles. The molecular weight excluding hydrogens is 374 g/mol. The summed E-state index contributed by atoms with van der Waals surface area (Å²) in [7, 11) is 0. The minimum atomic E-state index is -1.04. The van der Waals surface area contributed by atoms with Gasteiger partial charge in [0, 0.05) is 19.2 Å². The number of carbonyl (C=O) groups excluding carboxylic acids is 3. The Kier molecular flexibility index (Phi) is 5.75. The molecule has 0 saturated carbocycles. The van der Waals surface area contributed by atoms with Gasteiger partial charge in [-0.2, -0.15) is 0 Å². The molecule has 1 aliphatic heterocycles. The molecule has 1 N–H and O–H groups in total. The average molecular weight is 392 g/mol. The summed E-state index contributed by atoms with van der Waals surface area (Å²) in [5.74, 6) is -1.27. The van der Waals surface area contributed by atoms with Gasteiger partial charge < -0.3 is 19.4 Å². The zero-order chi connectivity index (χ0) is 19.4. The number of carbonyl (C=O) groups is 3. The minimum absolute atomic E-state index is 0.0440. The second-order valence-electron chi connectivity index (χ2n) is 6.16. The van der Waals surface area contributed by atoms with Crippen LogP contribution in [0.15, 0.2) is 41.1 Å². The van der Waals surface area contributed by atoms with E-state index in [2.05, 4.69) is 10.3 Å². The monoisotopic (exact) mass is 391 g/mol. The first-order valence-electron chi connectivity index (χ1n) is 8.36. The van der Waals surface area contributed by atoms with Gasteiger partial charge in [-0.15, -0.1) is 0 Å². The van der Waals surface area contributed by atoms with Crippen LogP contribution in [-0.2, 0) is 25.7 Å². The maximum atomic E-state index is 12.3. The van der Waals surface area contributed by atoms with Crippen molar-refractivity contribution in [3.63, 3.8) is 0 Å². The van der Waals surface area contributed by atoms with Crippen LogP contribution in [0.1, 0.15) is 19.1 Å². The molecule has 1 saturated heterocycles. The van der Waals surface area contributed by atoms with Crippen LogP contribution in [0.4, 0.5) is 5.69 Å². The molecule has 1 aliphatic rings. The highest BCUT2D eigenvalue weighted by molar-refractivity contribution is 6.32. The second kappa shape index (κ2) is 8.22. The Balaban J connectivity index is 1.53. The molecule has 2 atom stereocenters. The zero-order valence-corrected chi connectivity index (χ0v) is 15.3. The smallest absolute Gasteiger partial charge is 0.312 e. The number of nitrogens with one attached hydrogen (secondary N) is 1. The number of aromatic nitrogens is 1. The zero-order valence-electron chi connectivity index (χ0n) is 14.6. The summed E-state index contributed by atoms with van der Waals surface area (Å²) in [6.45, 7) is 1.97. The molecule has 142 valence electrons. The van der Waals surface area contributed by atoms with Gasteiger partial charge in [0.05, 0.1) is 24.4 Å². The number of furan rings is 1. The van der Waals surface area contributed by atoms with Crippen molar-refractivity contribution in [2.45, 2.75) is 26.0 Å². The summed E-state index contributed by atoms with van der Waals surface area (Å²) in [4.78, 5) is 42.0. The molecule has 2 aromatic heterocycles. The van der Waals surface area contributed by atoms with Crippen LogP contribution in [-0.4, -0.2) is 40.3 Å². The number of amides is 2. The Hall–Kier alpha value is -2.87. The molecule has 8 nitrogen and oxygen atoms in total. The molecular formula is C18H18ClN3O5. The van der Waals surface area contributed by atoms with Gasteiger partial charge in [-0.05, 0) is 31.2 Å². The molecule has 0 spiro atoms. The quantitative estimate of drug-likeness (QED) is 0.598. The summed E-state index contributed by atoms with van der Waals surface area (Å²) >= 11 is 5.89. The number of nitrogens with zero attached hydrogens (tertiary/aromatic N) is 2. The molecule has 0 radical (unpaired) electrons. The van der Waals surface area contributed by atoms with E-state index in [-0.39, 0.29) is 24.0 Å². The maximum Gasteiger partial charge on any atom is 0.312 e.